The van der Waals surface area contributed by atoms with E-state index in [1.807, 2.05) is 0 Å². The number of hydrogen-bond donors (Lipinski definition) is 36. The Labute approximate surface area is 708 Å². The van der Waals surface area contributed by atoms with E-state index in [4.69, 9.17) is 99.5 Å². The van der Waals surface area contributed by atoms with Crippen molar-refractivity contribution in [2.45, 2.75) is 344 Å². The van der Waals surface area contributed by atoms with Crippen LogP contribution >= 0.6 is 0 Å². The number of carbonyl (C=O) groups is 1. The molecule has 58 nitrogen and oxygen atoms in total. The Morgan fingerprint density at radius 3 is 0.802 bits per heavy atom. The zero-order valence-corrected chi connectivity index (χ0v) is 65.7. The Balaban J connectivity index is 0.899. The van der Waals surface area contributed by atoms with Gasteiger partial charge in [0.05, 0.1) is 78.8 Å². The topological polar surface area (TPSA) is 939 Å². The van der Waals surface area contributed by atoms with Crippen LogP contribution in [0.1, 0.15) is 6.42 Å². The van der Waals surface area contributed by atoms with Crippen molar-refractivity contribution in [2.75, 3.05) is 72.7 Å². The molecule has 55 atom stereocenters. The number of ether oxygens (including phenoxy) is 21. The minimum absolute atomic E-state index is 0.934. The van der Waals surface area contributed by atoms with Crippen LogP contribution in [0.2, 0.25) is 0 Å². The number of aliphatic hydroxyl groups excluding tert-OH is 34. The molecule has 0 aromatic heterocycles. The number of aliphatic carboxylic acids is 1. The first-order valence-electron chi connectivity index (χ1n) is 39.8. The fourth-order valence-electron chi connectivity index (χ4n) is 16.2. The van der Waals surface area contributed by atoms with E-state index in [1.54, 1.807) is 0 Å². The third kappa shape index (κ3) is 21.4. The highest BCUT2D eigenvalue weighted by Gasteiger charge is 2.64. The van der Waals surface area contributed by atoms with Crippen molar-refractivity contribution in [3.05, 3.63) is 0 Å². The molecule has 11 fully saturated rings. The van der Waals surface area contributed by atoms with Crippen molar-refractivity contribution in [3.8, 4) is 0 Å². The molecule has 0 aromatic carbocycles. The van der Waals surface area contributed by atoms with Gasteiger partial charge in [-0.1, -0.05) is 0 Å². The lowest BCUT2D eigenvalue weighted by atomic mass is 9.92. The van der Waals surface area contributed by atoms with E-state index in [9.17, 15) is 189 Å². The molecule has 11 rings (SSSR count). The monoisotopic (exact) mass is 1860 g/mol. The first kappa shape index (κ1) is 104. The molecule has 0 aliphatic carbocycles. The predicted molar refractivity (Wildman–Crippen MR) is 374 cm³/mol. The summed E-state index contributed by atoms with van der Waals surface area (Å²) in [7, 11) is 0. The van der Waals surface area contributed by atoms with Gasteiger partial charge in [-0.3, -0.25) is 0 Å². The van der Waals surface area contributed by atoms with Crippen molar-refractivity contribution in [2.24, 2.45) is 0 Å². The molecule has 734 valence electrons. The summed E-state index contributed by atoms with van der Waals surface area (Å²) >= 11 is 0. The molecule has 11 heterocycles. The van der Waals surface area contributed by atoms with E-state index >= 15 is 0 Å². The van der Waals surface area contributed by atoms with Crippen LogP contribution < -0.4 is 0 Å². The number of carboxylic acid groups (broad SMARTS) is 1. The Kier molecular flexibility index (Phi) is 36.5. The fourth-order valence-corrected chi connectivity index (χ4v) is 16.2. The standard InChI is InChI=1S/C68H114O58/c69-2-14(80)48-47(13(79)1-68(105,126-48)67(103)104)117-64-46(102)54(123-59-41(97)32(88)27(83)17(5-72)109-59)53(122-66-56(34(90)29(85)19(7-74)111-66)125-63-45(101)38(94)52(23(11-78)115-63)121-61-43(99)36(92)50(21(9-76)113-61)119-58-40(96)31(87)26(82)16(4-71)108-58)24(116-64)12-106-65-55(33(89)28(84)18(6-73)110-65)124-62-44(100)37(93)51(22(10-77)114-62)120-60-42(98)35(91)49(20(8-75)112-60)118-57-39(95)30(86)25(81)15(3-70)107-57/h13-66,69-102,105H,1-12H2,(H,103,104)/t13-,14-,15-,16-,17-,18-,19-,20-,21-,22-,23-,24-,25+,26+,27-,28-,29-,30+,31+,32+,33+,34+,35-,36-,37-,38-,39-,40-,41-,42-,43-,44-,45-,46-,47-,48-,49+,50+,51-,52-,53-,54-,55-,56-,57-,58-,59+,60+,61+,62-,63-,64-,65-,66+,68?/m1/s1. The summed E-state index contributed by atoms with van der Waals surface area (Å²) in [5.41, 5.74) is 0. The Morgan fingerprint density at radius 1 is 0.262 bits per heavy atom. The number of rotatable bonds is 33. The van der Waals surface area contributed by atoms with E-state index in [2.05, 4.69) is 0 Å². The molecule has 0 radical (unpaired) electrons. The average Bonchev–Trinajstić information content (AvgIpc) is 0.759. The van der Waals surface area contributed by atoms with Gasteiger partial charge in [-0.2, -0.15) is 0 Å². The van der Waals surface area contributed by atoms with Gasteiger partial charge < -0.3 is 283 Å². The smallest absolute Gasteiger partial charge is 0.364 e. The summed E-state index contributed by atoms with van der Waals surface area (Å²) in [6.45, 7) is -13.2. The van der Waals surface area contributed by atoms with E-state index in [0.717, 1.165) is 0 Å². The number of aliphatic hydroxyl groups is 35. The molecule has 58 heteroatoms. The molecular weight excluding hydrogens is 1740 g/mol. The van der Waals surface area contributed by atoms with Crippen molar-refractivity contribution >= 4 is 5.97 Å². The van der Waals surface area contributed by atoms with Crippen LogP contribution in [0.4, 0.5) is 0 Å². The Morgan fingerprint density at radius 2 is 0.492 bits per heavy atom. The molecule has 0 spiro atoms. The van der Waals surface area contributed by atoms with Crippen molar-refractivity contribution in [1.29, 1.82) is 0 Å². The van der Waals surface area contributed by atoms with Crippen LogP contribution in [0.25, 0.3) is 0 Å². The van der Waals surface area contributed by atoms with E-state index in [1.165, 1.54) is 0 Å². The first-order valence-corrected chi connectivity index (χ1v) is 39.8. The van der Waals surface area contributed by atoms with E-state index in [-0.39, 0.29) is 0 Å². The van der Waals surface area contributed by atoms with Gasteiger partial charge in [0, 0.05) is 6.42 Å². The highest BCUT2D eigenvalue weighted by Crippen LogP contribution is 2.43. The fraction of sp³-hybridized carbons (Fsp3) is 0.985. The van der Waals surface area contributed by atoms with Crippen LogP contribution in [0.3, 0.4) is 0 Å². The minimum Gasteiger partial charge on any atom is -0.477 e. The van der Waals surface area contributed by atoms with E-state index < -0.39 is 422 Å². The molecule has 0 bridgehead atoms. The lowest BCUT2D eigenvalue weighted by Gasteiger charge is -2.52. The quantitative estimate of drug-likeness (QED) is 0.0290. The van der Waals surface area contributed by atoms with Crippen LogP contribution in [0.15, 0.2) is 0 Å². The average molecular weight is 1860 g/mol. The molecule has 0 amide bonds. The van der Waals surface area contributed by atoms with Gasteiger partial charge in [0.15, 0.2) is 62.9 Å². The van der Waals surface area contributed by atoms with Crippen molar-refractivity contribution < 1.29 is 288 Å². The van der Waals surface area contributed by atoms with Gasteiger partial charge in [-0.25, -0.2) is 4.79 Å². The molecule has 1 unspecified atom stereocenters. The van der Waals surface area contributed by atoms with Gasteiger partial charge >= 0.3 is 5.97 Å². The van der Waals surface area contributed by atoms with Crippen molar-refractivity contribution in [1.82, 2.24) is 0 Å². The lowest BCUT2D eigenvalue weighted by Crippen LogP contribution is -2.70. The molecule has 0 saturated carbocycles. The van der Waals surface area contributed by atoms with Gasteiger partial charge in [0.25, 0.3) is 5.79 Å². The third-order valence-corrected chi connectivity index (χ3v) is 23.6. The van der Waals surface area contributed by atoms with Crippen LogP contribution in [-0.2, 0) is 104 Å². The molecule has 11 aliphatic rings. The number of carboxylic acids is 1. The zero-order valence-electron chi connectivity index (χ0n) is 65.7. The maximum atomic E-state index is 12.8. The highest BCUT2D eigenvalue weighted by atomic mass is 16.8. The van der Waals surface area contributed by atoms with Crippen LogP contribution in [0, 0.1) is 0 Å². The second kappa shape index (κ2) is 44.4. The zero-order chi connectivity index (χ0) is 92.6. The second-order valence-corrected chi connectivity index (χ2v) is 31.8. The lowest BCUT2D eigenvalue weighted by molar-refractivity contribution is -0.416. The maximum Gasteiger partial charge on any atom is 0.364 e. The largest absolute Gasteiger partial charge is 0.477 e. The molecule has 11 saturated heterocycles. The van der Waals surface area contributed by atoms with Crippen molar-refractivity contribution in [3.63, 3.8) is 0 Å². The van der Waals surface area contributed by atoms with Gasteiger partial charge in [-0.15, -0.1) is 0 Å². The van der Waals surface area contributed by atoms with Gasteiger partial charge in [0.1, 0.15) is 262 Å². The van der Waals surface area contributed by atoms with Gasteiger partial charge in [-0.05, 0) is 0 Å². The molecule has 36 N–H and O–H groups in total. The van der Waals surface area contributed by atoms with Crippen LogP contribution in [0.5, 0.6) is 0 Å². The number of hydrogen-bond acceptors (Lipinski definition) is 57. The Bertz CT molecular complexity index is 3290. The van der Waals surface area contributed by atoms with E-state index in [0.29, 0.717) is 0 Å². The first-order chi connectivity index (χ1) is 59.6. The Hall–Kier alpha value is -2.77. The highest BCUT2D eigenvalue weighted by molar-refractivity contribution is 5.75. The minimum atomic E-state index is -3.40. The van der Waals surface area contributed by atoms with Crippen LogP contribution in [-0.4, -0.2) is 600 Å². The molecule has 11 aliphatic heterocycles. The second-order valence-electron chi connectivity index (χ2n) is 31.8. The third-order valence-electron chi connectivity index (χ3n) is 23.6. The van der Waals surface area contributed by atoms with Gasteiger partial charge in [0.2, 0.25) is 0 Å². The maximum absolute atomic E-state index is 12.8. The summed E-state index contributed by atoms with van der Waals surface area (Å²) in [4.78, 5) is 12.4. The normalized spacial score (nSPS) is 52.7. The summed E-state index contributed by atoms with van der Waals surface area (Å²) in [5.74, 6) is -5.58. The summed E-state index contributed by atoms with van der Waals surface area (Å²) in [5, 5.41) is 396. The molecule has 0 aromatic rings. The summed E-state index contributed by atoms with van der Waals surface area (Å²) in [6.07, 6.45) is -122. The SMILES string of the molecule is O=C(O)C1(O)C[C@@H](O)[C@@H](O[C@H]2O[C@H](CO[C@@H]3O[C@H](CO)[C@@H](O)[C@H](O)[C@H]3O[C@H]3O[C@H](CO)[C@@H](O[C@@H]4O[C@H](CO)[C@H](O[C@H]5O[C@H](CO)[C@H](O)[C@H](O)[C@H]5O)[C@H](O)[C@H]4O)[C@H](O)[C@H]3O)[C@@H](O[C@@H]3O[C@H](CO)[C@@H](O)[C@H](O)[C@H]3O[C@H]3O[C@H](CO)[C@@H](O[C@@H]4O[C@H](CO)[C@H](O[C@H]5O[C@H](CO)[C@H](O)[C@H](O)[C@H]5O)[C@H](O)[C@H]4O)[C@H](O)[C@H]3O)[C@H](O[C@@H]3O[C@H](CO)[C@@H](O)[C@H](O)[C@H]3O)[C@H]2O)[C@@H]([C@H](O)CO)O1. The predicted octanol–water partition coefficient (Wildman–Crippen LogP) is -25.1. The summed E-state index contributed by atoms with van der Waals surface area (Å²) < 4.78 is 122. The molecule has 126 heavy (non-hydrogen) atoms. The summed E-state index contributed by atoms with van der Waals surface area (Å²) in [6, 6.07) is 0. The molecular formula is C68H114O58.